The molecule has 0 saturated carbocycles. The van der Waals surface area contributed by atoms with E-state index in [1.54, 1.807) is 11.9 Å². The maximum atomic E-state index is 12.9. The van der Waals surface area contributed by atoms with Crippen molar-refractivity contribution in [1.29, 1.82) is 0 Å². The number of anilines is 1. The first-order valence-corrected chi connectivity index (χ1v) is 11.3. The standard InChI is InChI=1S/C26H27N5O2/c1-30(20-7-3-2-4-8-20)26(33)24-16-23(28-29-24)18-11-13-31(14-12-18)25(32)15-19-17-27-22-10-6-5-9-21(19)22/h2-10,16-18,27H,11-15H2,1H3,(H,28,29). The average Bonchev–Trinajstić information content (AvgIpc) is 3.52. The lowest BCUT2D eigenvalue weighted by molar-refractivity contribution is -0.131. The summed E-state index contributed by atoms with van der Waals surface area (Å²) in [6.45, 7) is 1.41. The van der Waals surface area contributed by atoms with Gasteiger partial charge in [-0.1, -0.05) is 36.4 Å². The van der Waals surface area contributed by atoms with Crippen molar-refractivity contribution < 1.29 is 9.59 Å². The summed E-state index contributed by atoms with van der Waals surface area (Å²) in [5.41, 5.74) is 4.30. The van der Waals surface area contributed by atoms with Crippen molar-refractivity contribution in [2.45, 2.75) is 25.2 Å². The first-order chi connectivity index (χ1) is 16.1. The van der Waals surface area contributed by atoms with Crippen LogP contribution >= 0.6 is 0 Å². The number of rotatable bonds is 5. The van der Waals surface area contributed by atoms with Crippen LogP contribution in [-0.4, -0.2) is 52.0 Å². The van der Waals surface area contributed by atoms with Crippen molar-refractivity contribution in [2.24, 2.45) is 0 Å². The molecule has 2 aromatic carbocycles. The van der Waals surface area contributed by atoms with E-state index in [0.717, 1.165) is 40.7 Å². The van der Waals surface area contributed by atoms with Crippen LogP contribution in [0.25, 0.3) is 10.9 Å². The first-order valence-electron chi connectivity index (χ1n) is 11.3. The molecule has 7 heteroatoms. The van der Waals surface area contributed by atoms with Gasteiger partial charge in [-0.15, -0.1) is 0 Å². The lowest BCUT2D eigenvalue weighted by Crippen LogP contribution is -2.38. The number of likely N-dealkylation sites (tertiary alicyclic amines) is 1. The molecule has 0 unspecified atom stereocenters. The Kier molecular flexibility index (Phi) is 5.69. The van der Waals surface area contributed by atoms with Crippen molar-refractivity contribution in [3.05, 3.63) is 83.8 Å². The highest BCUT2D eigenvalue weighted by Crippen LogP contribution is 2.28. The summed E-state index contributed by atoms with van der Waals surface area (Å²) in [4.78, 5) is 32.5. The van der Waals surface area contributed by atoms with E-state index >= 15 is 0 Å². The summed E-state index contributed by atoms with van der Waals surface area (Å²) in [5, 5.41) is 8.44. The van der Waals surface area contributed by atoms with E-state index in [-0.39, 0.29) is 17.7 Å². The Morgan fingerprint density at radius 1 is 1.06 bits per heavy atom. The van der Waals surface area contributed by atoms with Crippen LogP contribution in [0.3, 0.4) is 0 Å². The Labute approximate surface area is 192 Å². The van der Waals surface area contributed by atoms with Gasteiger partial charge in [-0.3, -0.25) is 14.7 Å². The Morgan fingerprint density at radius 3 is 2.58 bits per heavy atom. The number of fused-ring (bicyclic) bond motifs is 1. The molecule has 1 fully saturated rings. The number of nitrogens with zero attached hydrogens (tertiary/aromatic N) is 3. The molecule has 2 aromatic heterocycles. The van der Waals surface area contributed by atoms with Gasteiger partial charge < -0.3 is 14.8 Å². The molecular formula is C26H27N5O2. The minimum atomic E-state index is -0.143. The molecule has 3 heterocycles. The van der Waals surface area contributed by atoms with Crippen molar-refractivity contribution in [3.63, 3.8) is 0 Å². The molecule has 1 saturated heterocycles. The number of piperidine rings is 1. The minimum Gasteiger partial charge on any atom is -0.361 e. The smallest absolute Gasteiger partial charge is 0.278 e. The molecule has 2 amide bonds. The van der Waals surface area contributed by atoms with Crippen molar-refractivity contribution in [3.8, 4) is 0 Å². The third kappa shape index (κ3) is 4.26. The van der Waals surface area contributed by atoms with E-state index in [1.807, 2.05) is 71.8 Å². The van der Waals surface area contributed by atoms with E-state index in [0.29, 0.717) is 25.2 Å². The third-order valence-electron chi connectivity index (χ3n) is 6.57. The van der Waals surface area contributed by atoms with Crippen molar-refractivity contribution >= 4 is 28.4 Å². The molecule has 0 atom stereocenters. The number of hydrogen-bond donors (Lipinski definition) is 2. The van der Waals surface area contributed by atoms with E-state index in [4.69, 9.17) is 0 Å². The van der Waals surface area contributed by atoms with Crippen LogP contribution in [0.5, 0.6) is 0 Å². The number of nitrogens with one attached hydrogen (secondary N) is 2. The van der Waals surface area contributed by atoms with Crippen LogP contribution in [0, 0.1) is 0 Å². The van der Waals surface area contributed by atoms with Crippen LogP contribution < -0.4 is 4.90 Å². The Balaban J connectivity index is 1.19. The van der Waals surface area contributed by atoms with Crippen LogP contribution in [-0.2, 0) is 11.2 Å². The van der Waals surface area contributed by atoms with Gasteiger partial charge in [0, 0.05) is 54.5 Å². The van der Waals surface area contributed by atoms with Crippen LogP contribution in [0.1, 0.15) is 40.5 Å². The van der Waals surface area contributed by atoms with Gasteiger partial charge in [0.15, 0.2) is 5.69 Å². The van der Waals surface area contributed by atoms with Crippen molar-refractivity contribution in [2.75, 3.05) is 25.0 Å². The zero-order valence-corrected chi connectivity index (χ0v) is 18.6. The predicted octanol–water partition coefficient (Wildman–Crippen LogP) is 4.12. The van der Waals surface area contributed by atoms with Crippen LogP contribution in [0.4, 0.5) is 5.69 Å². The lowest BCUT2D eigenvalue weighted by Gasteiger charge is -2.31. The highest BCUT2D eigenvalue weighted by atomic mass is 16.2. The fourth-order valence-corrected chi connectivity index (χ4v) is 4.59. The number of H-pyrrole nitrogens is 2. The second kappa shape index (κ2) is 8.94. The second-order valence-electron chi connectivity index (χ2n) is 8.60. The van der Waals surface area contributed by atoms with Gasteiger partial charge in [-0.05, 0) is 42.7 Å². The number of aromatic nitrogens is 3. The molecule has 0 spiro atoms. The summed E-state index contributed by atoms with van der Waals surface area (Å²) in [5.74, 6) is 0.274. The predicted molar refractivity (Wildman–Crippen MR) is 128 cm³/mol. The molecule has 2 N–H and O–H groups in total. The summed E-state index contributed by atoms with van der Waals surface area (Å²) in [6.07, 6.45) is 4.04. The fraction of sp³-hybridized carbons (Fsp3) is 0.269. The van der Waals surface area contributed by atoms with Crippen molar-refractivity contribution in [1.82, 2.24) is 20.1 Å². The quantitative estimate of drug-likeness (QED) is 0.489. The summed E-state index contributed by atoms with van der Waals surface area (Å²) in [7, 11) is 1.75. The van der Waals surface area contributed by atoms with Gasteiger partial charge in [-0.2, -0.15) is 5.10 Å². The number of benzene rings is 2. The highest BCUT2D eigenvalue weighted by molar-refractivity contribution is 6.04. The fourth-order valence-electron chi connectivity index (χ4n) is 4.59. The minimum absolute atomic E-state index is 0.143. The highest BCUT2D eigenvalue weighted by Gasteiger charge is 2.27. The monoisotopic (exact) mass is 441 g/mol. The van der Waals surface area contributed by atoms with Gasteiger partial charge in [-0.25, -0.2) is 0 Å². The van der Waals surface area contributed by atoms with E-state index in [9.17, 15) is 9.59 Å². The van der Waals surface area contributed by atoms with Gasteiger partial charge in [0.2, 0.25) is 5.91 Å². The average molecular weight is 442 g/mol. The van der Waals surface area contributed by atoms with Crippen LogP contribution in [0.15, 0.2) is 66.9 Å². The Bertz CT molecular complexity index is 1270. The molecule has 1 aliphatic rings. The topological polar surface area (TPSA) is 85.1 Å². The van der Waals surface area contributed by atoms with Gasteiger partial charge >= 0.3 is 0 Å². The number of carbonyl (C=O) groups is 2. The molecule has 4 aromatic rings. The molecule has 33 heavy (non-hydrogen) atoms. The number of carbonyl (C=O) groups excluding carboxylic acids is 2. The number of hydrogen-bond acceptors (Lipinski definition) is 3. The lowest BCUT2D eigenvalue weighted by atomic mass is 9.93. The summed E-state index contributed by atoms with van der Waals surface area (Å²) in [6, 6.07) is 19.4. The normalized spacial score (nSPS) is 14.5. The molecule has 0 bridgehead atoms. The van der Waals surface area contributed by atoms with Gasteiger partial charge in [0.25, 0.3) is 5.91 Å². The maximum absolute atomic E-state index is 12.9. The molecule has 5 rings (SSSR count). The zero-order chi connectivity index (χ0) is 22.8. The zero-order valence-electron chi connectivity index (χ0n) is 18.6. The maximum Gasteiger partial charge on any atom is 0.278 e. The SMILES string of the molecule is CN(C(=O)c1cc(C2CCN(C(=O)Cc3c[nH]c4ccccc34)CC2)[nH]n1)c1ccccc1. The van der Waals surface area contributed by atoms with E-state index in [2.05, 4.69) is 15.2 Å². The van der Waals surface area contributed by atoms with Crippen LogP contribution in [0.2, 0.25) is 0 Å². The van der Waals surface area contributed by atoms with E-state index in [1.165, 1.54) is 0 Å². The first kappa shape index (κ1) is 21.0. The largest absolute Gasteiger partial charge is 0.361 e. The van der Waals surface area contributed by atoms with Gasteiger partial charge in [0.05, 0.1) is 6.42 Å². The molecule has 7 nitrogen and oxygen atoms in total. The molecule has 0 radical (unpaired) electrons. The molecule has 168 valence electrons. The summed E-state index contributed by atoms with van der Waals surface area (Å²) < 4.78 is 0. The third-order valence-corrected chi connectivity index (χ3v) is 6.57. The molecule has 0 aliphatic carbocycles. The molecule has 1 aliphatic heterocycles. The Hall–Kier alpha value is -3.87. The van der Waals surface area contributed by atoms with Gasteiger partial charge in [0.1, 0.15) is 0 Å². The second-order valence-corrected chi connectivity index (χ2v) is 8.60. The number of para-hydroxylation sites is 2. The Morgan fingerprint density at radius 2 is 1.79 bits per heavy atom. The summed E-state index contributed by atoms with van der Waals surface area (Å²) >= 11 is 0. The molecular weight excluding hydrogens is 414 g/mol. The number of aromatic amines is 2. The number of amides is 2. The van der Waals surface area contributed by atoms with E-state index < -0.39 is 0 Å².